The summed E-state index contributed by atoms with van der Waals surface area (Å²) in [5.41, 5.74) is 1.53. The van der Waals surface area contributed by atoms with Crippen molar-refractivity contribution < 1.29 is 9.84 Å². The van der Waals surface area contributed by atoms with Gasteiger partial charge in [-0.2, -0.15) is 0 Å². The molecule has 2 aromatic heterocycles. The third kappa shape index (κ3) is 2.98. The van der Waals surface area contributed by atoms with Gasteiger partial charge in [0.25, 0.3) is 0 Å². The minimum absolute atomic E-state index is 0.435. The second kappa shape index (κ2) is 5.36. The quantitative estimate of drug-likeness (QED) is 0.855. The molecule has 0 aliphatic carbocycles. The fourth-order valence-electron chi connectivity index (χ4n) is 1.46. The van der Waals surface area contributed by atoms with Gasteiger partial charge in [0, 0.05) is 24.9 Å². The first kappa shape index (κ1) is 11.5. The molecule has 2 heterocycles. The maximum atomic E-state index is 9.97. The van der Waals surface area contributed by atoms with E-state index in [1.54, 1.807) is 24.5 Å². The average molecular weight is 231 g/mol. The van der Waals surface area contributed by atoms with Gasteiger partial charge in [-0.1, -0.05) is 0 Å². The molecule has 1 atom stereocenters. The van der Waals surface area contributed by atoms with Crippen LogP contribution in [0.25, 0.3) is 0 Å². The lowest BCUT2D eigenvalue weighted by Gasteiger charge is -2.09. The van der Waals surface area contributed by atoms with Gasteiger partial charge in [0.15, 0.2) is 0 Å². The Labute approximate surface area is 99.1 Å². The van der Waals surface area contributed by atoms with Crippen LogP contribution in [0.15, 0.2) is 36.7 Å². The van der Waals surface area contributed by atoms with Gasteiger partial charge in [0.1, 0.15) is 6.10 Å². The standard InChI is InChI=1S/C12H13N3O2/c1-17-12-3-2-10(14-15-12)11(16)8-9-4-6-13-7-5-9/h2-7,11,16H,8H2,1H3. The Hall–Kier alpha value is -2.01. The molecule has 0 fully saturated rings. The van der Waals surface area contributed by atoms with Crippen LogP contribution in [0.5, 0.6) is 5.88 Å². The molecule has 5 nitrogen and oxygen atoms in total. The van der Waals surface area contributed by atoms with Gasteiger partial charge >= 0.3 is 0 Å². The summed E-state index contributed by atoms with van der Waals surface area (Å²) < 4.78 is 4.90. The predicted octanol–water partition coefficient (Wildman–Crippen LogP) is 1.16. The summed E-state index contributed by atoms with van der Waals surface area (Å²) in [6.45, 7) is 0. The first-order chi connectivity index (χ1) is 8.29. The van der Waals surface area contributed by atoms with E-state index < -0.39 is 6.10 Å². The molecule has 1 unspecified atom stereocenters. The summed E-state index contributed by atoms with van der Waals surface area (Å²) in [5, 5.41) is 17.7. The lowest BCUT2D eigenvalue weighted by molar-refractivity contribution is 0.172. The number of hydrogen-bond donors (Lipinski definition) is 1. The van der Waals surface area contributed by atoms with Crippen molar-refractivity contribution in [2.24, 2.45) is 0 Å². The Morgan fingerprint density at radius 3 is 2.53 bits per heavy atom. The van der Waals surface area contributed by atoms with E-state index in [-0.39, 0.29) is 0 Å². The number of aromatic nitrogens is 3. The lowest BCUT2D eigenvalue weighted by Crippen LogP contribution is -2.05. The van der Waals surface area contributed by atoms with Crippen molar-refractivity contribution in [3.8, 4) is 5.88 Å². The Bertz CT molecular complexity index is 459. The predicted molar refractivity (Wildman–Crippen MR) is 61.5 cm³/mol. The summed E-state index contributed by atoms with van der Waals surface area (Å²) in [7, 11) is 1.52. The molecule has 0 radical (unpaired) electrons. The zero-order valence-corrected chi connectivity index (χ0v) is 9.45. The zero-order chi connectivity index (χ0) is 12.1. The summed E-state index contributed by atoms with van der Waals surface area (Å²) in [4.78, 5) is 3.92. The molecule has 17 heavy (non-hydrogen) atoms. The number of ether oxygens (including phenoxy) is 1. The van der Waals surface area contributed by atoms with E-state index >= 15 is 0 Å². The van der Waals surface area contributed by atoms with Crippen molar-refractivity contribution in [3.05, 3.63) is 47.9 Å². The maximum absolute atomic E-state index is 9.97. The molecule has 5 heteroatoms. The minimum Gasteiger partial charge on any atom is -0.480 e. The van der Waals surface area contributed by atoms with Crippen molar-refractivity contribution in [2.75, 3.05) is 7.11 Å². The number of pyridine rings is 1. The largest absolute Gasteiger partial charge is 0.480 e. The highest BCUT2D eigenvalue weighted by molar-refractivity contribution is 5.17. The molecule has 88 valence electrons. The average Bonchev–Trinajstić information content (AvgIpc) is 2.40. The number of nitrogens with zero attached hydrogens (tertiary/aromatic N) is 3. The number of aliphatic hydroxyl groups is 1. The second-order valence-electron chi connectivity index (χ2n) is 3.58. The summed E-state index contributed by atoms with van der Waals surface area (Å²) >= 11 is 0. The van der Waals surface area contributed by atoms with Crippen LogP contribution in [0.1, 0.15) is 17.4 Å². The van der Waals surface area contributed by atoms with Crippen LogP contribution < -0.4 is 4.74 Å². The molecule has 0 spiro atoms. The van der Waals surface area contributed by atoms with E-state index in [0.717, 1.165) is 5.56 Å². The topological polar surface area (TPSA) is 68.1 Å². The van der Waals surface area contributed by atoms with Crippen LogP contribution in [0, 0.1) is 0 Å². The van der Waals surface area contributed by atoms with Crippen LogP contribution in [-0.4, -0.2) is 27.4 Å². The van der Waals surface area contributed by atoms with Crippen molar-refractivity contribution in [1.29, 1.82) is 0 Å². The number of hydrogen-bond acceptors (Lipinski definition) is 5. The molecular formula is C12H13N3O2. The smallest absolute Gasteiger partial charge is 0.233 e. The molecule has 0 saturated heterocycles. The highest BCUT2D eigenvalue weighted by Crippen LogP contribution is 2.16. The van der Waals surface area contributed by atoms with Crippen molar-refractivity contribution >= 4 is 0 Å². The molecule has 1 N–H and O–H groups in total. The molecule has 0 amide bonds. The SMILES string of the molecule is COc1ccc(C(O)Cc2ccncc2)nn1. The van der Waals surface area contributed by atoms with E-state index in [9.17, 15) is 5.11 Å². The first-order valence-corrected chi connectivity index (χ1v) is 5.24. The van der Waals surface area contributed by atoms with Gasteiger partial charge in [0.05, 0.1) is 12.8 Å². The highest BCUT2D eigenvalue weighted by Gasteiger charge is 2.10. The second-order valence-corrected chi connectivity index (χ2v) is 3.58. The van der Waals surface area contributed by atoms with Gasteiger partial charge < -0.3 is 9.84 Å². The summed E-state index contributed by atoms with van der Waals surface area (Å²) in [6.07, 6.45) is 3.21. The highest BCUT2D eigenvalue weighted by atomic mass is 16.5. The van der Waals surface area contributed by atoms with Crippen LogP contribution in [0.3, 0.4) is 0 Å². The van der Waals surface area contributed by atoms with E-state index in [1.807, 2.05) is 12.1 Å². The summed E-state index contributed by atoms with van der Waals surface area (Å²) in [5.74, 6) is 0.435. The molecule has 0 bridgehead atoms. The Balaban J connectivity index is 2.06. The van der Waals surface area contributed by atoms with Crippen molar-refractivity contribution in [1.82, 2.24) is 15.2 Å². The molecule has 0 aliphatic rings. The zero-order valence-electron chi connectivity index (χ0n) is 9.45. The molecule has 2 aromatic rings. The maximum Gasteiger partial charge on any atom is 0.233 e. The third-order valence-electron chi connectivity index (χ3n) is 2.39. The van der Waals surface area contributed by atoms with Gasteiger partial charge in [-0.25, -0.2) is 0 Å². The van der Waals surface area contributed by atoms with Gasteiger partial charge in [-0.15, -0.1) is 10.2 Å². The molecular weight excluding hydrogens is 218 g/mol. The van der Waals surface area contributed by atoms with E-state index in [2.05, 4.69) is 15.2 Å². The third-order valence-corrected chi connectivity index (χ3v) is 2.39. The Kier molecular flexibility index (Phi) is 3.62. The van der Waals surface area contributed by atoms with E-state index in [4.69, 9.17) is 4.74 Å². The minimum atomic E-state index is -0.671. The molecule has 0 aliphatic heterocycles. The number of aliphatic hydroxyl groups excluding tert-OH is 1. The fraction of sp³-hybridized carbons (Fsp3) is 0.250. The molecule has 0 aromatic carbocycles. The van der Waals surface area contributed by atoms with Crippen LogP contribution in [-0.2, 0) is 6.42 Å². The Morgan fingerprint density at radius 1 is 1.18 bits per heavy atom. The first-order valence-electron chi connectivity index (χ1n) is 5.24. The van der Waals surface area contributed by atoms with Crippen molar-refractivity contribution in [3.63, 3.8) is 0 Å². The van der Waals surface area contributed by atoms with Gasteiger partial charge in [-0.05, 0) is 23.8 Å². The van der Waals surface area contributed by atoms with E-state index in [1.165, 1.54) is 7.11 Å². The molecule has 0 saturated carbocycles. The fourth-order valence-corrected chi connectivity index (χ4v) is 1.46. The summed E-state index contributed by atoms with van der Waals surface area (Å²) in [6, 6.07) is 7.11. The Morgan fingerprint density at radius 2 is 1.94 bits per heavy atom. The van der Waals surface area contributed by atoms with Crippen LogP contribution in [0.4, 0.5) is 0 Å². The van der Waals surface area contributed by atoms with Crippen molar-refractivity contribution in [2.45, 2.75) is 12.5 Å². The normalized spacial score (nSPS) is 12.1. The number of methoxy groups -OCH3 is 1. The van der Waals surface area contributed by atoms with Crippen LogP contribution >= 0.6 is 0 Å². The lowest BCUT2D eigenvalue weighted by atomic mass is 10.1. The van der Waals surface area contributed by atoms with Gasteiger partial charge in [0.2, 0.25) is 5.88 Å². The van der Waals surface area contributed by atoms with E-state index in [0.29, 0.717) is 18.0 Å². The van der Waals surface area contributed by atoms with Gasteiger partial charge in [-0.3, -0.25) is 4.98 Å². The molecule has 2 rings (SSSR count). The van der Waals surface area contributed by atoms with Crippen LogP contribution in [0.2, 0.25) is 0 Å². The monoisotopic (exact) mass is 231 g/mol. The number of rotatable bonds is 4.